The van der Waals surface area contributed by atoms with Crippen LogP contribution < -0.4 is 49.2 Å². The van der Waals surface area contributed by atoms with E-state index >= 15 is 0 Å². The van der Waals surface area contributed by atoms with E-state index in [4.69, 9.17) is 94.4 Å². The van der Waals surface area contributed by atoms with E-state index in [1.807, 2.05) is 72.8 Å². The highest BCUT2D eigenvalue weighted by Crippen LogP contribution is 2.36. The first-order valence-corrected chi connectivity index (χ1v) is 15.7. The van der Waals surface area contributed by atoms with Gasteiger partial charge in [-0.15, -0.1) is 10.9 Å². The summed E-state index contributed by atoms with van der Waals surface area (Å²) in [7, 11) is 59.4. The molecule has 51 heavy (non-hydrogen) atoms. The van der Waals surface area contributed by atoms with Crippen LogP contribution in [0, 0.1) is 0 Å². The number of para-hydroxylation sites is 1. The maximum absolute atomic E-state index is 7.02. The molecular formula is C37H12B9N3O2. The van der Waals surface area contributed by atoms with Crippen molar-refractivity contribution in [3.05, 3.63) is 72.8 Å². The molecule has 0 unspecified atom stereocenters. The van der Waals surface area contributed by atoms with Gasteiger partial charge in [-0.05, 0) is 22.9 Å². The molecule has 0 saturated heterocycles. The lowest BCUT2D eigenvalue weighted by molar-refractivity contribution is 0.669. The molecule has 0 atom stereocenters. The molecule has 9 aromatic rings. The molecule has 0 fully saturated rings. The van der Waals surface area contributed by atoms with Gasteiger partial charge >= 0.3 is 0 Å². The number of aromatic nitrogens is 3. The van der Waals surface area contributed by atoms with Crippen LogP contribution in [-0.4, -0.2) is 85.6 Å². The topological polar surface area (TPSA) is 65.0 Å². The Morgan fingerprint density at radius 3 is 1.75 bits per heavy atom. The Kier molecular flexibility index (Phi) is 7.09. The van der Waals surface area contributed by atoms with Crippen molar-refractivity contribution in [3.8, 4) is 34.2 Å². The Balaban J connectivity index is 1.40. The molecule has 0 aliphatic heterocycles. The van der Waals surface area contributed by atoms with Gasteiger partial charge in [0.15, 0.2) is 17.5 Å². The summed E-state index contributed by atoms with van der Waals surface area (Å²) < 4.78 is 12.3. The number of nitrogens with zero attached hydrogens (tertiary/aromatic N) is 3. The predicted octanol–water partition coefficient (Wildman–Crippen LogP) is -1.03. The van der Waals surface area contributed by atoms with E-state index in [9.17, 15) is 0 Å². The zero-order chi connectivity index (χ0) is 35.5. The lowest BCUT2D eigenvalue weighted by atomic mass is 9.63. The van der Waals surface area contributed by atoms with Crippen molar-refractivity contribution in [1.29, 1.82) is 0 Å². The first-order chi connectivity index (χ1) is 24.6. The molecule has 18 radical (unpaired) electrons. The third-order valence-corrected chi connectivity index (χ3v) is 9.50. The molecule has 3 aromatic heterocycles. The molecule has 6 aromatic carbocycles. The van der Waals surface area contributed by atoms with Gasteiger partial charge in [0.25, 0.3) is 0 Å². The van der Waals surface area contributed by atoms with Crippen LogP contribution in [-0.2, 0) is 0 Å². The lowest BCUT2D eigenvalue weighted by Crippen LogP contribution is -2.47. The second-order valence-electron chi connectivity index (χ2n) is 12.3. The summed E-state index contributed by atoms with van der Waals surface area (Å²) in [6, 6.07) is 22.9. The summed E-state index contributed by atoms with van der Waals surface area (Å²) >= 11 is 0. The predicted molar refractivity (Wildman–Crippen MR) is 217 cm³/mol. The highest BCUT2D eigenvalue weighted by molar-refractivity contribution is 6.70. The monoisotopic (exact) mass is 629 g/mol. The average molecular weight is 628 g/mol. The first kappa shape index (κ1) is 31.7. The summed E-state index contributed by atoms with van der Waals surface area (Å²) in [5, 5.41) is 3.11. The van der Waals surface area contributed by atoms with Crippen LogP contribution in [0.5, 0.6) is 0 Å². The fourth-order valence-corrected chi connectivity index (χ4v) is 6.98. The zero-order valence-corrected chi connectivity index (χ0v) is 26.8. The van der Waals surface area contributed by atoms with Crippen LogP contribution in [0.3, 0.4) is 0 Å². The van der Waals surface area contributed by atoms with Crippen molar-refractivity contribution in [2.45, 2.75) is 0 Å². The molecular weight excluding hydrogens is 616 g/mol. The summed E-state index contributed by atoms with van der Waals surface area (Å²) in [6.07, 6.45) is 0. The summed E-state index contributed by atoms with van der Waals surface area (Å²) in [4.78, 5) is 14.8. The van der Waals surface area contributed by atoms with Crippen molar-refractivity contribution >= 4 is 174 Å². The van der Waals surface area contributed by atoms with Crippen LogP contribution in [0.2, 0.25) is 0 Å². The molecule has 0 saturated carbocycles. The highest BCUT2D eigenvalue weighted by Gasteiger charge is 2.25. The van der Waals surface area contributed by atoms with Gasteiger partial charge in [0, 0.05) is 38.2 Å². The Morgan fingerprint density at radius 2 is 0.961 bits per heavy atom. The van der Waals surface area contributed by atoms with Gasteiger partial charge in [-0.1, -0.05) is 98.9 Å². The van der Waals surface area contributed by atoms with E-state index in [0.29, 0.717) is 44.3 Å². The van der Waals surface area contributed by atoms with E-state index in [1.165, 1.54) is 0 Å². The molecule has 0 spiro atoms. The van der Waals surface area contributed by atoms with E-state index < -0.39 is 0 Å². The van der Waals surface area contributed by atoms with Crippen molar-refractivity contribution in [3.63, 3.8) is 0 Å². The molecule has 14 heteroatoms. The molecule has 0 aliphatic carbocycles. The fourth-order valence-electron chi connectivity index (χ4n) is 6.98. The molecule has 0 amide bonds. The molecule has 0 aliphatic rings. The van der Waals surface area contributed by atoms with Crippen molar-refractivity contribution in [2.75, 3.05) is 0 Å². The minimum Gasteiger partial charge on any atom is -0.457 e. The lowest BCUT2D eigenvalue weighted by Gasteiger charge is -2.22. The van der Waals surface area contributed by atoms with Crippen LogP contribution >= 0.6 is 0 Å². The quantitative estimate of drug-likeness (QED) is 0.235. The second kappa shape index (κ2) is 11.4. The number of rotatable bonds is 3. The average Bonchev–Trinajstić information content (AvgIpc) is 3.74. The first-order valence-electron chi connectivity index (χ1n) is 15.7. The summed E-state index contributed by atoms with van der Waals surface area (Å²) in [6.45, 7) is 0. The van der Waals surface area contributed by atoms with E-state index in [0.717, 1.165) is 21.9 Å². The second-order valence-corrected chi connectivity index (χ2v) is 12.3. The van der Waals surface area contributed by atoms with Crippen molar-refractivity contribution < 1.29 is 8.83 Å². The zero-order valence-electron chi connectivity index (χ0n) is 26.8. The minimum absolute atomic E-state index is 0.0724. The molecule has 5 nitrogen and oxygen atoms in total. The van der Waals surface area contributed by atoms with Crippen LogP contribution in [0.4, 0.5) is 0 Å². The largest absolute Gasteiger partial charge is 0.457 e. The van der Waals surface area contributed by atoms with Gasteiger partial charge in [-0.2, -0.15) is 0 Å². The van der Waals surface area contributed by atoms with Crippen LogP contribution in [0.1, 0.15) is 0 Å². The van der Waals surface area contributed by atoms with Gasteiger partial charge in [-0.25, -0.2) is 15.0 Å². The van der Waals surface area contributed by atoms with Crippen LogP contribution in [0.25, 0.3) is 88.8 Å². The standard InChI is InChI=1S/C37H12B9N3O2/c38-24-21-19(20-22-27(41)29(43)30(44)32(46)34(22)51-33(20)31(45)26(21)40)25(39)28(42)23(24)37-48-35(13-7-2-1-3-8-13)47-36(49-37)15-10-6-12-17-18(15)14-9-4-5-11-16(14)50-17/h1-12H. The number of fused-ring (bicyclic) bond motifs is 8. The Labute approximate surface area is 304 Å². The number of hydrogen-bond donors (Lipinski definition) is 0. The van der Waals surface area contributed by atoms with Gasteiger partial charge < -0.3 is 8.83 Å². The Bertz CT molecular complexity index is 2980. The normalized spacial score (nSPS) is 11.8. The summed E-state index contributed by atoms with van der Waals surface area (Å²) in [5.41, 5.74) is 4.26. The minimum atomic E-state index is 0.0724. The van der Waals surface area contributed by atoms with Crippen molar-refractivity contribution in [1.82, 2.24) is 15.0 Å². The summed E-state index contributed by atoms with van der Waals surface area (Å²) in [5.74, 6) is 0.884. The molecule has 9 rings (SSSR count). The smallest absolute Gasteiger partial charge is 0.164 e. The molecule has 0 bridgehead atoms. The van der Waals surface area contributed by atoms with Crippen LogP contribution in [0.15, 0.2) is 81.6 Å². The van der Waals surface area contributed by atoms with Gasteiger partial charge in [-0.3, -0.25) is 0 Å². The molecule has 3 heterocycles. The van der Waals surface area contributed by atoms with E-state index in [-0.39, 0.29) is 71.7 Å². The Morgan fingerprint density at radius 1 is 0.373 bits per heavy atom. The van der Waals surface area contributed by atoms with Gasteiger partial charge in [0.1, 0.15) is 92.9 Å². The Hall–Kier alpha value is -5.23. The van der Waals surface area contributed by atoms with Gasteiger partial charge in [0.05, 0.1) is 0 Å². The highest BCUT2D eigenvalue weighted by atomic mass is 16.3. The fraction of sp³-hybridized carbons (Fsp3) is 0. The number of hydrogen-bond acceptors (Lipinski definition) is 5. The maximum atomic E-state index is 7.02. The van der Waals surface area contributed by atoms with Crippen molar-refractivity contribution in [2.24, 2.45) is 0 Å². The van der Waals surface area contributed by atoms with Gasteiger partial charge in [0.2, 0.25) is 0 Å². The molecule has 214 valence electrons. The third kappa shape index (κ3) is 4.44. The molecule has 0 N–H and O–H groups in total. The number of benzene rings is 6. The third-order valence-electron chi connectivity index (χ3n) is 9.50. The van der Waals surface area contributed by atoms with E-state index in [1.54, 1.807) is 0 Å². The number of furan rings is 2. The SMILES string of the molecule is [B]c1c([B])c([B])c2c(oc3c([B])c([B])c4c([B])c(-c5nc(-c6ccccc6)nc(-c6cccc7oc8ccccc8c67)n5)c([B])c([B])c4c32)c1[B]. The maximum Gasteiger partial charge on any atom is 0.164 e. The van der Waals surface area contributed by atoms with E-state index in [2.05, 4.69) is 0 Å².